The Morgan fingerprint density at radius 2 is 1.97 bits per heavy atom. The number of para-hydroxylation sites is 1. The van der Waals surface area contributed by atoms with E-state index in [1.165, 1.54) is 0 Å². The summed E-state index contributed by atoms with van der Waals surface area (Å²) in [4.78, 5) is 52.3. The Morgan fingerprint density at radius 1 is 1.18 bits per heavy atom. The number of aromatic nitrogens is 1. The third kappa shape index (κ3) is 5.50. The average molecular weight is 453 g/mol. The van der Waals surface area contributed by atoms with E-state index in [2.05, 4.69) is 20.9 Å². The first-order valence-electron chi connectivity index (χ1n) is 11.8. The molecule has 1 saturated heterocycles. The largest absolute Gasteiger partial charge is 0.356 e. The normalized spacial score (nSPS) is 21.5. The van der Waals surface area contributed by atoms with Crippen molar-refractivity contribution in [1.29, 1.82) is 0 Å². The van der Waals surface area contributed by atoms with E-state index >= 15 is 0 Å². The van der Waals surface area contributed by atoms with Gasteiger partial charge in [-0.15, -0.1) is 0 Å². The van der Waals surface area contributed by atoms with Crippen LogP contribution in [0.3, 0.4) is 0 Å². The maximum Gasteiger partial charge on any atom is 0.268 e. The number of aromatic amines is 1. The third-order valence-corrected chi connectivity index (χ3v) is 7.04. The van der Waals surface area contributed by atoms with Crippen LogP contribution in [-0.2, 0) is 14.4 Å². The molecule has 1 saturated carbocycles. The molecule has 2 amide bonds. The summed E-state index contributed by atoms with van der Waals surface area (Å²) in [6, 6.07) is 8.82. The predicted molar refractivity (Wildman–Crippen MR) is 125 cm³/mol. The van der Waals surface area contributed by atoms with Crippen molar-refractivity contribution in [3.05, 3.63) is 36.0 Å². The SMILES string of the molecule is O=C[C@H](C[C@@H]1CCNC1=O)NC[C@](C=O)(CC1CCCC1)NC(=O)c1cc2ccccc2[nH]1. The molecule has 4 N–H and O–H groups in total. The smallest absolute Gasteiger partial charge is 0.268 e. The number of H-pyrrole nitrogens is 1. The zero-order chi connectivity index (χ0) is 23.3. The Kier molecular flexibility index (Phi) is 7.23. The molecule has 0 bridgehead atoms. The van der Waals surface area contributed by atoms with Crippen LogP contribution in [0.1, 0.15) is 55.4 Å². The van der Waals surface area contributed by atoms with Crippen LogP contribution in [-0.4, -0.2) is 54.0 Å². The zero-order valence-corrected chi connectivity index (χ0v) is 18.8. The first-order chi connectivity index (χ1) is 16.0. The molecule has 176 valence electrons. The summed E-state index contributed by atoms with van der Waals surface area (Å²) >= 11 is 0. The molecule has 2 aliphatic rings. The Hall–Kier alpha value is -3.00. The van der Waals surface area contributed by atoms with E-state index in [-0.39, 0.29) is 24.3 Å². The molecule has 0 spiro atoms. The number of carbonyl (C=O) groups is 4. The van der Waals surface area contributed by atoms with E-state index in [0.717, 1.165) is 49.2 Å². The van der Waals surface area contributed by atoms with E-state index in [4.69, 9.17) is 0 Å². The fourth-order valence-electron chi connectivity index (χ4n) is 5.18. The topological polar surface area (TPSA) is 120 Å². The summed E-state index contributed by atoms with van der Waals surface area (Å²) in [6.07, 6.45) is 7.48. The molecule has 2 fully saturated rings. The molecule has 1 aromatic carbocycles. The van der Waals surface area contributed by atoms with Crippen molar-refractivity contribution in [3.63, 3.8) is 0 Å². The lowest BCUT2D eigenvalue weighted by atomic mass is 9.86. The summed E-state index contributed by atoms with van der Waals surface area (Å²) in [5.41, 5.74) is 0.107. The quantitative estimate of drug-likeness (QED) is 0.389. The van der Waals surface area contributed by atoms with E-state index in [1.54, 1.807) is 6.07 Å². The van der Waals surface area contributed by atoms with Gasteiger partial charge in [0.2, 0.25) is 5.91 Å². The summed E-state index contributed by atoms with van der Waals surface area (Å²) in [6.45, 7) is 0.756. The molecule has 1 aliphatic carbocycles. The minimum absolute atomic E-state index is 0.0385. The van der Waals surface area contributed by atoms with Crippen molar-refractivity contribution in [1.82, 2.24) is 20.9 Å². The van der Waals surface area contributed by atoms with E-state index in [9.17, 15) is 19.2 Å². The van der Waals surface area contributed by atoms with Gasteiger partial charge >= 0.3 is 0 Å². The van der Waals surface area contributed by atoms with E-state index in [1.807, 2.05) is 24.3 Å². The number of fused-ring (bicyclic) bond motifs is 1. The fraction of sp³-hybridized carbons (Fsp3) is 0.520. The fourth-order valence-corrected chi connectivity index (χ4v) is 5.18. The highest BCUT2D eigenvalue weighted by atomic mass is 16.2. The number of nitrogens with one attached hydrogen (secondary N) is 4. The Morgan fingerprint density at radius 3 is 2.64 bits per heavy atom. The number of rotatable bonds is 11. The molecule has 0 radical (unpaired) electrons. The van der Waals surface area contributed by atoms with Crippen LogP contribution in [0, 0.1) is 11.8 Å². The van der Waals surface area contributed by atoms with Gasteiger partial charge in [-0.25, -0.2) is 0 Å². The van der Waals surface area contributed by atoms with Crippen LogP contribution in [0.4, 0.5) is 0 Å². The summed E-state index contributed by atoms with van der Waals surface area (Å²) < 4.78 is 0. The van der Waals surface area contributed by atoms with Gasteiger partial charge in [0.25, 0.3) is 5.91 Å². The standard InChI is InChI=1S/C25H32N4O4/c30-14-20(11-19-9-10-26-23(19)32)27-15-25(16-31,13-17-5-1-2-6-17)29-24(33)22-12-18-7-3-4-8-21(18)28-22/h3-4,7-8,12,14,16-17,19-20,27-28H,1-2,5-6,9-11,13,15H2,(H,26,32)(H,29,33)/t19-,20-,25-/m0/s1. The molecule has 1 aliphatic heterocycles. The lowest BCUT2D eigenvalue weighted by Crippen LogP contribution is -2.58. The van der Waals surface area contributed by atoms with Gasteiger partial charge in [0.15, 0.2) is 0 Å². The van der Waals surface area contributed by atoms with Gasteiger partial charge in [0.05, 0.1) is 6.04 Å². The number of amides is 2. The van der Waals surface area contributed by atoms with Crippen molar-refractivity contribution < 1.29 is 19.2 Å². The Labute approximate surface area is 193 Å². The number of hydrogen-bond donors (Lipinski definition) is 4. The second-order valence-corrected chi connectivity index (χ2v) is 9.49. The van der Waals surface area contributed by atoms with Crippen molar-refractivity contribution in [3.8, 4) is 0 Å². The maximum atomic E-state index is 13.1. The number of carbonyl (C=O) groups excluding carboxylic acids is 4. The summed E-state index contributed by atoms with van der Waals surface area (Å²) in [5, 5.41) is 9.84. The monoisotopic (exact) mass is 452 g/mol. The predicted octanol–water partition coefficient (Wildman–Crippen LogP) is 2.10. The average Bonchev–Trinajstić information content (AvgIpc) is 3.57. The second kappa shape index (κ2) is 10.3. The third-order valence-electron chi connectivity index (χ3n) is 7.04. The lowest BCUT2D eigenvalue weighted by Gasteiger charge is -2.33. The van der Waals surface area contributed by atoms with Crippen molar-refractivity contribution >= 4 is 35.3 Å². The molecule has 3 atom stereocenters. The first-order valence-corrected chi connectivity index (χ1v) is 11.8. The highest BCUT2D eigenvalue weighted by molar-refractivity contribution is 5.99. The van der Waals surface area contributed by atoms with Crippen LogP contribution >= 0.6 is 0 Å². The Balaban J connectivity index is 1.49. The minimum atomic E-state index is -1.14. The minimum Gasteiger partial charge on any atom is -0.356 e. The van der Waals surface area contributed by atoms with Crippen LogP contribution < -0.4 is 16.0 Å². The van der Waals surface area contributed by atoms with Crippen LogP contribution in [0.2, 0.25) is 0 Å². The molecule has 8 nitrogen and oxygen atoms in total. The van der Waals surface area contributed by atoms with Gasteiger partial charge in [-0.2, -0.15) is 0 Å². The van der Waals surface area contributed by atoms with Crippen molar-refractivity contribution in [2.45, 2.75) is 56.5 Å². The second-order valence-electron chi connectivity index (χ2n) is 9.49. The van der Waals surface area contributed by atoms with Crippen molar-refractivity contribution in [2.24, 2.45) is 11.8 Å². The first kappa shape index (κ1) is 23.2. The van der Waals surface area contributed by atoms with Crippen LogP contribution in [0.15, 0.2) is 30.3 Å². The summed E-state index contributed by atoms with van der Waals surface area (Å²) in [7, 11) is 0. The molecular formula is C25H32N4O4. The van der Waals surface area contributed by atoms with Crippen LogP contribution in [0.25, 0.3) is 10.9 Å². The molecule has 0 unspecified atom stereocenters. The van der Waals surface area contributed by atoms with E-state index < -0.39 is 11.6 Å². The van der Waals surface area contributed by atoms with Crippen LogP contribution in [0.5, 0.6) is 0 Å². The molecule has 2 aromatic rings. The highest BCUT2D eigenvalue weighted by Gasteiger charge is 2.37. The molecule has 4 rings (SSSR count). The molecule has 8 heteroatoms. The number of hydrogen-bond acceptors (Lipinski definition) is 5. The van der Waals surface area contributed by atoms with Gasteiger partial charge in [-0.3, -0.25) is 9.59 Å². The molecule has 33 heavy (non-hydrogen) atoms. The molecule has 1 aromatic heterocycles. The van der Waals surface area contributed by atoms with Gasteiger partial charge in [-0.05, 0) is 37.3 Å². The van der Waals surface area contributed by atoms with E-state index in [0.29, 0.717) is 37.4 Å². The van der Waals surface area contributed by atoms with Gasteiger partial charge in [0.1, 0.15) is 23.8 Å². The molecule has 2 heterocycles. The zero-order valence-electron chi connectivity index (χ0n) is 18.8. The Bertz CT molecular complexity index is 980. The number of benzene rings is 1. The summed E-state index contributed by atoms with van der Waals surface area (Å²) in [5.74, 6) is -0.260. The van der Waals surface area contributed by atoms with Gasteiger partial charge in [-0.1, -0.05) is 43.9 Å². The highest BCUT2D eigenvalue weighted by Crippen LogP contribution is 2.31. The number of aldehydes is 2. The van der Waals surface area contributed by atoms with Gasteiger partial charge < -0.3 is 30.5 Å². The van der Waals surface area contributed by atoms with Crippen molar-refractivity contribution in [2.75, 3.05) is 13.1 Å². The maximum absolute atomic E-state index is 13.1. The molecular weight excluding hydrogens is 420 g/mol. The lowest BCUT2D eigenvalue weighted by molar-refractivity contribution is -0.123. The van der Waals surface area contributed by atoms with Gasteiger partial charge in [0, 0.05) is 29.9 Å².